The first-order valence-electron chi connectivity index (χ1n) is 9.44. The van der Waals surface area contributed by atoms with Crippen molar-refractivity contribution in [2.45, 2.75) is 44.2 Å². The molecule has 2 aromatic carbocycles. The molecule has 0 saturated heterocycles. The summed E-state index contributed by atoms with van der Waals surface area (Å²) in [7, 11) is 0. The quantitative estimate of drug-likeness (QED) is 0.925. The lowest BCUT2D eigenvalue weighted by Gasteiger charge is -2.34. The normalized spacial score (nSPS) is 21.0. The van der Waals surface area contributed by atoms with E-state index in [1.54, 1.807) is 0 Å². The molecule has 0 aromatic heterocycles. The summed E-state index contributed by atoms with van der Waals surface area (Å²) in [6.45, 7) is 2.25. The topological polar surface area (TPSA) is 32.3 Å². The highest BCUT2D eigenvalue weighted by Gasteiger charge is 2.28. The molecule has 1 atom stereocenters. The fourth-order valence-electron chi connectivity index (χ4n) is 4.32. The Labute approximate surface area is 150 Å². The molecule has 2 aromatic rings. The molecule has 130 valence electrons. The third-order valence-electron chi connectivity index (χ3n) is 5.55. The zero-order chi connectivity index (χ0) is 17.1. The molecule has 1 heterocycles. The predicted octanol–water partition coefficient (Wildman–Crippen LogP) is 3.69. The molecule has 3 nitrogen and oxygen atoms in total. The number of rotatable bonds is 4. The van der Waals surface area contributed by atoms with E-state index in [0.717, 1.165) is 25.9 Å². The molecule has 3 heteroatoms. The molecular weight excluding hydrogens is 308 g/mol. The van der Waals surface area contributed by atoms with Crippen LogP contribution in [0.5, 0.6) is 0 Å². The monoisotopic (exact) mass is 334 g/mol. The Morgan fingerprint density at radius 1 is 1.00 bits per heavy atom. The largest absolute Gasteiger partial charge is 0.352 e. The number of fused-ring (bicyclic) bond motifs is 1. The molecule has 0 radical (unpaired) electrons. The Hall–Kier alpha value is -2.13. The van der Waals surface area contributed by atoms with Gasteiger partial charge in [-0.25, -0.2) is 0 Å². The predicted molar refractivity (Wildman–Crippen MR) is 100 cm³/mol. The van der Waals surface area contributed by atoms with Crippen LogP contribution in [0.15, 0.2) is 54.6 Å². The fraction of sp³-hybridized carbons (Fsp3) is 0.409. The van der Waals surface area contributed by atoms with E-state index in [1.807, 2.05) is 0 Å². The number of nitrogens with zero attached hydrogens (tertiary/aromatic N) is 1. The van der Waals surface area contributed by atoms with E-state index < -0.39 is 0 Å². The number of benzene rings is 2. The van der Waals surface area contributed by atoms with Crippen molar-refractivity contribution in [1.29, 1.82) is 0 Å². The SMILES string of the molecule is O=C(CN1Cc2ccccc2C(c2ccccc2)C1)NC1CCCC1. The van der Waals surface area contributed by atoms with Gasteiger partial charge in [0.2, 0.25) is 5.91 Å². The Balaban J connectivity index is 1.50. The molecule has 1 aliphatic heterocycles. The maximum Gasteiger partial charge on any atom is 0.234 e. The van der Waals surface area contributed by atoms with Gasteiger partial charge in [0.15, 0.2) is 0 Å². The van der Waals surface area contributed by atoms with Crippen LogP contribution in [0.2, 0.25) is 0 Å². The van der Waals surface area contributed by atoms with Crippen molar-refractivity contribution in [3.8, 4) is 0 Å². The molecule has 25 heavy (non-hydrogen) atoms. The molecule has 1 N–H and O–H groups in total. The Bertz CT molecular complexity index is 722. The summed E-state index contributed by atoms with van der Waals surface area (Å²) in [5.74, 6) is 0.517. The van der Waals surface area contributed by atoms with E-state index in [2.05, 4.69) is 64.8 Å². The summed E-state index contributed by atoms with van der Waals surface area (Å²) in [6, 6.07) is 19.7. The van der Waals surface area contributed by atoms with Gasteiger partial charge in [0.05, 0.1) is 6.54 Å². The average molecular weight is 334 g/mol. The van der Waals surface area contributed by atoms with Gasteiger partial charge in [-0.15, -0.1) is 0 Å². The smallest absolute Gasteiger partial charge is 0.234 e. The van der Waals surface area contributed by atoms with Gasteiger partial charge < -0.3 is 5.32 Å². The van der Waals surface area contributed by atoms with E-state index in [-0.39, 0.29) is 5.91 Å². The Kier molecular flexibility index (Phi) is 4.84. The number of amides is 1. The molecule has 1 fully saturated rings. The third-order valence-corrected chi connectivity index (χ3v) is 5.55. The number of nitrogens with one attached hydrogen (secondary N) is 1. The lowest BCUT2D eigenvalue weighted by Crippen LogP contribution is -2.43. The van der Waals surface area contributed by atoms with Gasteiger partial charge in [-0.1, -0.05) is 67.4 Å². The number of hydrogen-bond donors (Lipinski definition) is 1. The van der Waals surface area contributed by atoms with Crippen LogP contribution in [0.3, 0.4) is 0 Å². The van der Waals surface area contributed by atoms with Crippen molar-refractivity contribution >= 4 is 5.91 Å². The van der Waals surface area contributed by atoms with Gasteiger partial charge in [-0.3, -0.25) is 9.69 Å². The summed E-state index contributed by atoms with van der Waals surface area (Å²) < 4.78 is 0. The van der Waals surface area contributed by atoms with Crippen molar-refractivity contribution in [2.24, 2.45) is 0 Å². The first-order chi connectivity index (χ1) is 12.3. The minimum absolute atomic E-state index is 0.179. The molecule has 1 saturated carbocycles. The van der Waals surface area contributed by atoms with Gasteiger partial charge in [0, 0.05) is 25.0 Å². The lowest BCUT2D eigenvalue weighted by atomic mass is 9.84. The molecular formula is C22H26N2O. The van der Waals surface area contributed by atoms with Crippen LogP contribution < -0.4 is 5.32 Å². The average Bonchev–Trinajstić information content (AvgIpc) is 3.14. The summed E-state index contributed by atoms with van der Waals surface area (Å²) in [6.07, 6.45) is 4.78. The standard InChI is InChI=1S/C22H26N2O/c25-22(23-19-11-5-6-12-19)16-24-14-18-10-4-7-13-20(18)21(15-24)17-8-2-1-3-9-17/h1-4,7-10,13,19,21H,5-6,11-12,14-16H2,(H,23,25). The van der Waals surface area contributed by atoms with Crippen LogP contribution in [-0.2, 0) is 11.3 Å². The Morgan fingerprint density at radius 3 is 2.52 bits per heavy atom. The van der Waals surface area contributed by atoms with Crippen LogP contribution in [0.25, 0.3) is 0 Å². The Morgan fingerprint density at radius 2 is 1.72 bits per heavy atom. The number of carbonyl (C=O) groups excluding carboxylic acids is 1. The highest BCUT2D eigenvalue weighted by molar-refractivity contribution is 5.78. The summed E-state index contributed by atoms with van der Waals surface area (Å²) in [4.78, 5) is 14.8. The van der Waals surface area contributed by atoms with Crippen LogP contribution in [0.4, 0.5) is 0 Å². The first kappa shape index (κ1) is 16.3. The summed E-state index contributed by atoms with van der Waals surface area (Å²) >= 11 is 0. The molecule has 0 bridgehead atoms. The lowest BCUT2D eigenvalue weighted by molar-refractivity contribution is -0.123. The number of hydrogen-bond acceptors (Lipinski definition) is 2. The van der Waals surface area contributed by atoms with Gasteiger partial charge in [0.1, 0.15) is 0 Å². The molecule has 1 unspecified atom stereocenters. The van der Waals surface area contributed by atoms with E-state index in [0.29, 0.717) is 18.5 Å². The molecule has 0 spiro atoms. The van der Waals surface area contributed by atoms with E-state index >= 15 is 0 Å². The fourth-order valence-corrected chi connectivity index (χ4v) is 4.32. The molecule has 4 rings (SSSR count). The van der Waals surface area contributed by atoms with Gasteiger partial charge >= 0.3 is 0 Å². The zero-order valence-electron chi connectivity index (χ0n) is 14.7. The van der Waals surface area contributed by atoms with Crippen molar-refractivity contribution in [3.05, 3.63) is 71.3 Å². The summed E-state index contributed by atoms with van der Waals surface area (Å²) in [5.41, 5.74) is 4.08. The van der Waals surface area contributed by atoms with Gasteiger partial charge in [-0.2, -0.15) is 0 Å². The van der Waals surface area contributed by atoms with Gasteiger partial charge in [0.25, 0.3) is 0 Å². The van der Waals surface area contributed by atoms with E-state index in [1.165, 1.54) is 29.5 Å². The second-order valence-corrected chi connectivity index (χ2v) is 7.38. The maximum atomic E-state index is 12.5. The second-order valence-electron chi connectivity index (χ2n) is 7.38. The molecule has 1 aliphatic carbocycles. The van der Waals surface area contributed by atoms with Crippen LogP contribution >= 0.6 is 0 Å². The van der Waals surface area contributed by atoms with Crippen LogP contribution in [-0.4, -0.2) is 29.9 Å². The first-order valence-corrected chi connectivity index (χ1v) is 9.44. The van der Waals surface area contributed by atoms with Crippen LogP contribution in [0.1, 0.15) is 48.3 Å². The highest BCUT2D eigenvalue weighted by Crippen LogP contribution is 2.33. The second kappa shape index (κ2) is 7.40. The molecule has 2 aliphatic rings. The highest BCUT2D eigenvalue weighted by atomic mass is 16.2. The van der Waals surface area contributed by atoms with Crippen LogP contribution in [0, 0.1) is 0 Å². The minimum atomic E-state index is 0.179. The van der Waals surface area contributed by atoms with Crippen molar-refractivity contribution in [1.82, 2.24) is 10.2 Å². The van der Waals surface area contributed by atoms with E-state index in [9.17, 15) is 4.79 Å². The summed E-state index contributed by atoms with van der Waals surface area (Å²) in [5, 5.41) is 3.22. The maximum absolute atomic E-state index is 12.5. The molecule has 1 amide bonds. The van der Waals surface area contributed by atoms with Crippen molar-refractivity contribution < 1.29 is 4.79 Å². The third kappa shape index (κ3) is 3.77. The van der Waals surface area contributed by atoms with E-state index in [4.69, 9.17) is 0 Å². The van der Waals surface area contributed by atoms with Crippen molar-refractivity contribution in [2.75, 3.05) is 13.1 Å². The minimum Gasteiger partial charge on any atom is -0.352 e. The van der Waals surface area contributed by atoms with Gasteiger partial charge in [-0.05, 0) is 29.5 Å². The van der Waals surface area contributed by atoms with Crippen molar-refractivity contribution in [3.63, 3.8) is 0 Å². The zero-order valence-corrected chi connectivity index (χ0v) is 14.7. The number of carbonyl (C=O) groups is 1.